The first-order chi connectivity index (χ1) is 6.75. The zero-order valence-electron chi connectivity index (χ0n) is 7.44. The number of carbonyl (C=O) groups excluding carboxylic acids is 1. The standard InChI is InChI=1S/C9H9ClN2O2/c10-8-4-11-3-7(12-8)9(13)14-5-6-1-2-6/h3-4,6H,1-2,5H2. The molecule has 0 amide bonds. The van der Waals surface area contributed by atoms with Crippen LogP contribution in [0.3, 0.4) is 0 Å². The molecular weight excluding hydrogens is 204 g/mol. The molecule has 1 aromatic rings. The van der Waals surface area contributed by atoms with Crippen molar-refractivity contribution in [3.05, 3.63) is 23.2 Å². The van der Waals surface area contributed by atoms with Crippen molar-refractivity contribution >= 4 is 17.6 Å². The summed E-state index contributed by atoms with van der Waals surface area (Å²) in [5.74, 6) is 0.0954. The zero-order chi connectivity index (χ0) is 9.97. The quantitative estimate of drug-likeness (QED) is 0.716. The van der Waals surface area contributed by atoms with Crippen LogP contribution in [0.4, 0.5) is 0 Å². The van der Waals surface area contributed by atoms with Gasteiger partial charge in [-0.15, -0.1) is 0 Å². The number of hydrogen-bond donors (Lipinski definition) is 0. The highest BCUT2D eigenvalue weighted by atomic mass is 35.5. The Hall–Kier alpha value is -1.16. The molecular formula is C9H9ClN2O2. The van der Waals surface area contributed by atoms with Gasteiger partial charge in [0.05, 0.1) is 19.0 Å². The van der Waals surface area contributed by atoms with Crippen LogP contribution in [0.15, 0.2) is 12.4 Å². The Morgan fingerprint density at radius 3 is 3.00 bits per heavy atom. The van der Waals surface area contributed by atoms with Crippen LogP contribution in [0.25, 0.3) is 0 Å². The molecule has 74 valence electrons. The number of rotatable bonds is 3. The Bertz CT molecular complexity index is 352. The van der Waals surface area contributed by atoms with E-state index in [4.69, 9.17) is 16.3 Å². The summed E-state index contributed by atoms with van der Waals surface area (Å²) in [6.07, 6.45) is 5.02. The summed E-state index contributed by atoms with van der Waals surface area (Å²) < 4.78 is 5.01. The van der Waals surface area contributed by atoms with Gasteiger partial charge in [0.1, 0.15) is 5.15 Å². The summed E-state index contributed by atoms with van der Waals surface area (Å²) in [7, 11) is 0. The summed E-state index contributed by atoms with van der Waals surface area (Å²) in [4.78, 5) is 18.9. The Morgan fingerprint density at radius 2 is 2.36 bits per heavy atom. The van der Waals surface area contributed by atoms with E-state index >= 15 is 0 Å². The van der Waals surface area contributed by atoms with Gasteiger partial charge in [0.25, 0.3) is 0 Å². The number of carbonyl (C=O) groups is 1. The molecule has 0 radical (unpaired) electrons. The molecule has 0 aliphatic heterocycles. The van der Waals surface area contributed by atoms with E-state index in [-0.39, 0.29) is 10.8 Å². The average Bonchev–Trinajstić information content (AvgIpc) is 2.97. The van der Waals surface area contributed by atoms with Gasteiger partial charge in [-0.3, -0.25) is 4.98 Å². The molecule has 0 spiro atoms. The Morgan fingerprint density at radius 1 is 1.57 bits per heavy atom. The first-order valence-electron chi connectivity index (χ1n) is 4.40. The Kier molecular flexibility index (Phi) is 2.63. The van der Waals surface area contributed by atoms with Crippen molar-refractivity contribution in [2.24, 2.45) is 5.92 Å². The van der Waals surface area contributed by atoms with Crippen LogP contribution in [0.5, 0.6) is 0 Å². The number of aromatic nitrogens is 2. The number of hydrogen-bond acceptors (Lipinski definition) is 4. The van der Waals surface area contributed by atoms with Crippen LogP contribution < -0.4 is 0 Å². The van der Waals surface area contributed by atoms with E-state index < -0.39 is 5.97 Å². The minimum absolute atomic E-state index is 0.165. The molecule has 0 saturated heterocycles. The molecule has 0 atom stereocenters. The Labute approximate surface area is 86.3 Å². The molecule has 1 aromatic heterocycles. The van der Waals surface area contributed by atoms with Crippen molar-refractivity contribution in [3.8, 4) is 0 Å². The normalized spacial score (nSPS) is 15.2. The molecule has 0 unspecified atom stereocenters. The molecule has 0 bridgehead atoms. The lowest BCUT2D eigenvalue weighted by Gasteiger charge is -2.01. The van der Waals surface area contributed by atoms with Crippen LogP contribution in [-0.2, 0) is 4.74 Å². The minimum Gasteiger partial charge on any atom is -0.461 e. The SMILES string of the molecule is O=C(OCC1CC1)c1cncc(Cl)n1. The zero-order valence-corrected chi connectivity index (χ0v) is 8.20. The van der Waals surface area contributed by atoms with Gasteiger partial charge in [0.2, 0.25) is 0 Å². The third kappa shape index (κ3) is 2.42. The summed E-state index contributed by atoms with van der Waals surface area (Å²) in [6.45, 7) is 0.479. The van der Waals surface area contributed by atoms with Gasteiger partial charge in [0, 0.05) is 0 Å². The van der Waals surface area contributed by atoms with Crippen molar-refractivity contribution in [3.63, 3.8) is 0 Å². The van der Waals surface area contributed by atoms with Crippen molar-refractivity contribution in [2.45, 2.75) is 12.8 Å². The molecule has 1 saturated carbocycles. The third-order valence-corrected chi connectivity index (χ3v) is 2.14. The van der Waals surface area contributed by atoms with Gasteiger partial charge in [-0.1, -0.05) is 11.6 Å². The second-order valence-electron chi connectivity index (χ2n) is 3.27. The van der Waals surface area contributed by atoms with E-state index in [1.165, 1.54) is 12.4 Å². The first-order valence-corrected chi connectivity index (χ1v) is 4.78. The predicted molar refractivity (Wildman–Crippen MR) is 50.0 cm³/mol. The van der Waals surface area contributed by atoms with E-state index in [1.54, 1.807) is 0 Å². The maximum Gasteiger partial charge on any atom is 0.358 e. The summed E-state index contributed by atoms with van der Waals surface area (Å²) in [5, 5.41) is 0.200. The summed E-state index contributed by atoms with van der Waals surface area (Å²) >= 11 is 5.58. The molecule has 1 fully saturated rings. The van der Waals surface area contributed by atoms with Crippen molar-refractivity contribution in [2.75, 3.05) is 6.61 Å². The van der Waals surface area contributed by atoms with Crippen molar-refractivity contribution in [1.82, 2.24) is 9.97 Å². The number of ether oxygens (including phenoxy) is 1. The van der Waals surface area contributed by atoms with Gasteiger partial charge < -0.3 is 4.74 Å². The topological polar surface area (TPSA) is 52.1 Å². The van der Waals surface area contributed by atoms with Gasteiger partial charge in [-0.05, 0) is 18.8 Å². The highest BCUT2D eigenvalue weighted by Gasteiger charge is 2.23. The fraction of sp³-hybridized carbons (Fsp3) is 0.444. The summed E-state index contributed by atoms with van der Waals surface area (Å²) in [6, 6.07) is 0. The van der Waals surface area contributed by atoms with E-state index in [2.05, 4.69) is 9.97 Å². The highest BCUT2D eigenvalue weighted by Crippen LogP contribution is 2.28. The van der Waals surface area contributed by atoms with Crippen LogP contribution in [-0.4, -0.2) is 22.5 Å². The van der Waals surface area contributed by atoms with Gasteiger partial charge in [-0.2, -0.15) is 0 Å². The summed E-state index contributed by atoms with van der Waals surface area (Å²) in [5.41, 5.74) is 0.165. The lowest BCUT2D eigenvalue weighted by molar-refractivity contribution is 0.0478. The van der Waals surface area contributed by atoms with E-state index in [9.17, 15) is 4.79 Å². The van der Waals surface area contributed by atoms with Crippen LogP contribution in [0.1, 0.15) is 23.3 Å². The first kappa shape index (κ1) is 9.40. The second-order valence-corrected chi connectivity index (χ2v) is 3.66. The van der Waals surface area contributed by atoms with E-state index in [0.717, 1.165) is 12.8 Å². The average molecular weight is 213 g/mol. The minimum atomic E-state index is -0.452. The van der Waals surface area contributed by atoms with Crippen LogP contribution in [0.2, 0.25) is 5.15 Å². The third-order valence-electron chi connectivity index (χ3n) is 1.96. The Balaban J connectivity index is 1.95. The van der Waals surface area contributed by atoms with Gasteiger partial charge in [0.15, 0.2) is 5.69 Å². The smallest absolute Gasteiger partial charge is 0.358 e. The number of nitrogens with zero attached hydrogens (tertiary/aromatic N) is 2. The molecule has 1 aliphatic carbocycles. The molecule has 1 heterocycles. The van der Waals surface area contributed by atoms with E-state index in [0.29, 0.717) is 12.5 Å². The molecule has 0 aromatic carbocycles. The molecule has 2 rings (SSSR count). The largest absolute Gasteiger partial charge is 0.461 e. The molecule has 0 N–H and O–H groups in total. The fourth-order valence-electron chi connectivity index (χ4n) is 0.993. The molecule has 5 heteroatoms. The van der Waals surface area contributed by atoms with E-state index in [1.807, 2.05) is 0 Å². The van der Waals surface area contributed by atoms with Crippen molar-refractivity contribution < 1.29 is 9.53 Å². The van der Waals surface area contributed by atoms with Gasteiger partial charge in [-0.25, -0.2) is 9.78 Å². The second kappa shape index (κ2) is 3.92. The molecule has 1 aliphatic rings. The molecule has 4 nitrogen and oxygen atoms in total. The maximum absolute atomic E-state index is 11.3. The number of halogens is 1. The maximum atomic E-state index is 11.3. The molecule has 14 heavy (non-hydrogen) atoms. The lowest BCUT2D eigenvalue weighted by atomic mass is 10.4. The predicted octanol–water partition coefficient (Wildman–Crippen LogP) is 1.70. The van der Waals surface area contributed by atoms with Crippen molar-refractivity contribution in [1.29, 1.82) is 0 Å². The lowest BCUT2D eigenvalue weighted by Crippen LogP contribution is -2.09. The monoisotopic (exact) mass is 212 g/mol. The van der Waals surface area contributed by atoms with Crippen LogP contribution >= 0.6 is 11.6 Å². The number of esters is 1. The highest BCUT2D eigenvalue weighted by molar-refractivity contribution is 6.29. The fourth-order valence-corrected chi connectivity index (χ4v) is 1.14. The van der Waals surface area contributed by atoms with Crippen LogP contribution in [0, 0.1) is 5.92 Å². The van der Waals surface area contributed by atoms with Gasteiger partial charge >= 0.3 is 5.97 Å².